The maximum atomic E-state index is 13.1. The van der Waals surface area contributed by atoms with Crippen molar-refractivity contribution in [2.45, 2.75) is 31.2 Å². The molecule has 0 spiro atoms. The van der Waals surface area contributed by atoms with Crippen molar-refractivity contribution in [3.8, 4) is 11.5 Å². The number of likely N-dealkylation sites (tertiary alicyclic amines) is 2. The van der Waals surface area contributed by atoms with E-state index in [1.54, 1.807) is 0 Å². The Morgan fingerprint density at radius 1 is 0.857 bits per heavy atom. The Hall–Kier alpha value is -2.53. The average Bonchev–Trinajstić information content (AvgIpc) is 3.45. The largest absolute Gasteiger partial charge is 0.454 e. The number of nitrogens with zero attached hydrogens (tertiary/aromatic N) is 2. The number of hydrogen-bond acceptors (Lipinski definition) is 4. The predicted molar refractivity (Wildman–Crippen MR) is 107 cm³/mol. The highest BCUT2D eigenvalue weighted by atomic mass is 16.7. The van der Waals surface area contributed by atoms with Crippen molar-refractivity contribution in [2.75, 3.05) is 33.0 Å². The molecule has 0 aliphatic carbocycles. The number of benzene rings is 2. The maximum absolute atomic E-state index is 13.1. The quantitative estimate of drug-likeness (QED) is 0.818. The summed E-state index contributed by atoms with van der Waals surface area (Å²) >= 11 is 0. The molecule has 146 valence electrons. The van der Waals surface area contributed by atoms with Crippen LogP contribution in [0.2, 0.25) is 0 Å². The number of piperidine rings is 1. The summed E-state index contributed by atoms with van der Waals surface area (Å²) in [6, 6.07) is 16.4. The summed E-state index contributed by atoms with van der Waals surface area (Å²) in [7, 11) is 0. The molecule has 28 heavy (non-hydrogen) atoms. The van der Waals surface area contributed by atoms with Crippen LogP contribution in [-0.4, -0.2) is 48.7 Å². The molecule has 3 aliphatic heterocycles. The maximum Gasteiger partial charge on any atom is 0.253 e. The number of rotatable bonds is 3. The summed E-state index contributed by atoms with van der Waals surface area (Å²) in [5, 5.41) is 0. The second kappa shape index (κ2) is 7.13. The molecule has 0 aromatic heterocycles. The van der Waals surface area contributed by atoms with Crippen molar-refractivity contribution in [2.24, 2.45) is 0 Å². The highest BCUT2D eigenvalue weighted by Crippen LogP contribution is 2.41. The van der Waals surface area contributed by atoms with Crippen LogP contribution in [0.5, 0.6) is 11.5 Å². The summed E-state index contributed by atoms with van der Waals surface area (Å²) < 4.78 is 10.8. The minimum atomic E-state index is 0.0590. The van der Waals surface area contributed by atoms with Gasteiger partial charge in [-0.3, -0.25) is 9.69 Å². The number of amides is 1. The number of ether oxygens (including phenoxy) is 2. The highest BCUT2D eigenvalue weighted by Gasteiger charge is 2.43. The minimum Gasteiger partial charge on any atom is -0.454 e. The molecule has 0 saturated carbocycles. The minimum absolute atomic E-state index is 0.0590. The summed E-state index contributed by atoms with van der Waals surface area (Å²) in [4.78, 5) is 17.7. The third-order valence-electron chi connectivity index (χ3n) is 6.52. The van der Waals surface area contributed by atoms with E-state index in [-0.39, 0.29) is 18.2 Å². The Labute approximate surface area is 165 Å². The Morgan fingerprint density at radius 3 is 2.32 bits per heavy atom. The van der Waals surface area contributed by atoms with Crippen molar-refractivity contribution < 1.29 is 14.3 Å². The van der Waals surface area contributed by atoms with E-state index in [2.05, 4.69) is 35.2 Å². The fraction of sp³-hybridized carbons (Fsp3) is 0.435. The fourth-order valence-corrected chi connectivity index (χ4v) is 4.97. The number of carbonyl (C=O) groups excluding carboxylic acids is 1. The van der Waals surface area contributed by atoms with Gasteiger partial charge in [0.25, 0.3) is 5.91 Å². The van der Waals surface area contributed by atoms with E-state index in [0.717, 1.165) is 39.0 Å². The molecule has 2 aromatic carbocycles. The second-order valence-electron chi connectivity index (χ2n) is 7.95. The topological polar surface area (TPSA) is 42.0 Å². The normalized spacial score (nSPS) is 21.1. The summed E-state index contributed by atoms with van der Waals surface area (Å²) in [5.74, 6) is 1.47. The lowest BCUT2D eigenvalue weighted by molar-refractivity contribution is 0.0294. The molecule has 5 heteroatoms. The first-order valence-electron chi connectivity index (χ1n) is 10.3. The van der Waals surface area contributed by atoms with Crippen LogP contribution in [0.3, 0.4) is 0 Å². The van der Waals surface area contributed by atoms with E-state index >= 15 is 0 Å². The molecule has 0 radical (unpaired) electrons. The molecule has 0 unspecified atom stereocenters. The molecule has 2 fully saturated rings. The van der Waals surface area contributed by atoms with Gasteiger partial charge in [-0.25, -0.2) is 0 Å². The van der Waals surface area contributed by atoms with E-state index in [4.69, 9.17) is 9.47 Å². The monoisotopic (exact) mass is 378 g/mol. The molecule has 2 aromatic rings. The first-order chi connectivity index (χ1) is 13.8. The molecule has 3 aliphatic rings. The molecule has 1 amide bonds. The van der Waals surface area contributed by atoms with Gasteiger partial charge in [0, 0.05) is 24.2 Å². The predicted octanol–water partition coefficient (Wildman–Crippen LogP) is 3.64. The third-order valence-corrected chi connectivity index (χ3v) is 6.52. The van der Waals surface area contributed by atoms with Gasteiger partial charge in [-0.2, -0.15) is 0 Å². The molecule has 2 saturated heterocycles. The van der Waals surface area contributed by atoms with Crippen LogP contribution in [-0.2, 0) is 5.54 Å². The Kier molecular flexibility index (Phi) is 4.47. The molecule has 0 bridgehead atoms. The number of carbonyl (C=O) groups is 1. The average molecular weight is 378 g/mol. The van der Waals surface area contributed by atoms with Gasteiger partial charge in [0.05, 0.1) is 0 Å². The smallest absolute Gasteiger partial charge is 0.253 e. The molecule has 5 nitrogen and oxygen atoms in total. The Balaban J connectivity index is 1.36. The van der Waals surface area contributed by atoms with Crippen molar-refractivity contribution in [3.63, 3.8) is 0 Å². The van der Waals surface area contributed by atoms with Crippen LogP contribution in [0.25, 0.3) is 0 Å². The van der Waals surface area contributed by atoms with Crippen LogP contribution in [0.1, 0.15) is 41.6 Å². The van der Waals surface area contributed by atoms with Crippen molar-refractivity contribution in [1.29, 1.82) is 0 Å². The van der Waals surface area contributed by atoms with Gasteiger partial charge in [-0.05, 0) is 62.5 Å². The number of fused-ring (bicyclic) bond motifs is 1. The van der Waals surface area contributed by atoms with Crippen LogP contribution in [0, 0.1) is 0 Å². The van der Waals surface area contributed by atoms with Gasteiger partial charge in [-0.1, -0.05) is 30.3 Å². The summed E-state index contributed by atoms with van der Waals surface area (Å²) in [6.07, 6.45) is 4.50. The van der Waals surface area contributed by atoms with Crippen LogP contribution >= 0.6 is 0 Å². The molecule has 0 atom stereocenters. The van der Waals surface area contributed by atoms with Crippen LogP contribution in [0.4, 0.5) is 0 Å². The van der Waals surface area contributed by atoms with Crippen LogP contribution in [0.15, 0.2) is 48.5 Å². The zero-order valence-corrected chi connectivity index (χ0v) is 16.1. The molecule has 3 heterocycles. The molecular formula is C23H26N2O3. The molecule has 0 N–H and O–H groups in total. The highest BCUT2D eigenvalue weighted by molar-refractivity contribution is 5.95. The van der Waals surface area contributed by atoms with Crippen molar-refractivity contribution in [3.05, 3.63) is 59.7 Å². The van der Waals surface area contributed by atoms with Crippen molar-refractivity contribution in [1.82, 2.24) is 9.80 Å². The Bertz CT molecular complexity index is 853. The standard InChI is InChI=1S/C23H26N2O3/c26-22(18-8-9-20-21(16-18)28-17-27-20)24-14-10-23(11-15-24,25-12-4-5-13-25)19-6-2-1-3-7-19/h1-3,6-9,16H,4-5,10-15,17H2. The lowest BCUT2D eigenvalue weighted by atomic mass is 9.79. The zero-order valence-electron chi connectivity index (χ0n) is 16.1. The Morgan fingerprint density at radius 2 is 1.57 bits per heavy atom. The first kappa shape index (κ1) is 17.6. The van der Waals surface area contributed by atoms with E-state index in [0.29, 0.717) is 17.1 Å². The lowest BCUT2D eigenvalue weighted by Crippen LogP contribution is -2.53. The SMILES string of the molecule is O=C(c1ccc2c(c1)OCO2)N1CCC(c2ccccc2)(N2CCCC2)CC1. The van der Waals surface area contributed by atoms with Gasteiger partial charge >= 0.3 is 0 Å². The van der Waals surface area contributed by atoms with Crippen LogP contribution < -0.4 is 9.47 Å². The summed E-state index contributed by atoms with van der Waals surface area (Å²) in [5.41, 5.74) is 2.13. The summed E-state index contributed by atoms with van der Waals surface area (Å²) in [6.45, 7) is 4.10. The third kappa shape index (κ3) is 2.94. The van der Waals surface area contributed by atoms with E-state index in [1.165, 1.54) is 18.4 Å². The van der Waals surface area contributed by atoms with E-state index in [9.17, 15) is 4.79 Å². The van der Waals surface area contributed by atoms with Gasteiger partial charge < -0.3 is 14.4 Å². The van der Waals surface area contributed by atoms with E-state index in [1.807, 2.05) is 23.1 Å². The molecule has 5 rings (SSSR count). The first-order valence-corrected chi connectivity index (χ1v) is 10.3. The zero-order chi connectivity index (χ0) is 19.0. The van der Waals surface area contributed by atoms with Gasteiger partial charge in [0.15, 0.2) is 11.5 Å². The molecular weight excluding hydrogens is 352 g/mol. The lowest BCUT2D eigenvalue weighted by Gasteiger charge is -2.48. The second-order valence-corrected chi connectivity index (χ2v) is 7.95. The van der Waals surface area contributed by atoms with Gasteiger partial charge in [0.2, 0.25) is 6.79 Å². The fourth-order valence-electron chi connectivity index (χ4n) is 4.97. The van der Waals surface area contributed by atoms with Gasteiger partial charge in [-0.15, -0.1) is 0 Å². The number of hydrogen-bond donors (Lipinski definition) is 0. The van der Waals surface area contributed by atoms with Crippen molar-refractivity contribution >= 4 is 5.91 Å². The van der Waals surface area contributed by atoms with Gasteiger partial charge in [0.1, 0.15) is 0 Å². The van der Waals surface area contributed by atoms with E-state index < -0.39 is 0 Å².